The Morgan fingerprint density at radius 2 is 1.83 bits per heavy atom. The third kappa shape index (κ3) is 3.48. The smallest absolute Gasteiger partial charge is 0.232 e. The first kappa shape index (κ1) is 13.4. The van der Waals surface area contributed by atoms with Gasteiger partial charge in [0.05, 0.1) is 18.0 Å². The second-order valence-electron chi connectivity index (χ2n) is 4.41. The minimum atomic E-state index is -0.798. The molecule has 1 amide bonds. The third-order valence-electron chi connectivity index (χ3n) is 2.95. The molecular weight excluding hydrogens is 250 g/mol. The molecule has 1 heterocycles. The first-order valence-corrected chi connectivity index (χ1v) is 7.08. The van der Waals surface area contributed by atoms with Crippen molar-refractivity contribution in [3.63, 3.8) is 0 Å². The standard InChI is InChI=1S/C13H17NO3S/c15-11-6-14(7-12(11)16)13(17)9-18-8-10-4-2-1-3-5-10/h1-5,11-12,15-16H,6-9H2. The lowest BCUT2D eigenvalue weighted by molar-refractivity contribution is -0.127. The van der Waals surface area contributed by atoms with Crippen LogP contribution in [0.3, 0.4) is 0 Å². The molecule has 0 spiro atoms. The maximum absolute atomic E-state index is 11.8. The molecule has 0 radical (unpaired) electrons. The van der Waals surface area contributed by atoms with Gasteiger partial charge in [0.1, 0.15) is 0 Å². The quantitative estimate of drug-likeness (QED) is 0.833. The molecule has 2 rings (SSSR count). The summed E-state index contributed by atoms with van der Waals surface area (Å²) in [4.78, 5) is 13.3. The Hall–Kier alpha value is -1.04. The number of carbonyl (C=O) groups excluding carboxylic acids is 1. The third-order valence-corrected chi connectivity index (χ3v) is 3.94. The lowest BCUT2D eigenvalue weighted by atomic mass is 10.2. The van der Waals surface area contributed by atoms with Crippen LogP contribution < -0.4 is 0 Å². The fourth-order valence-electron chi connectivity index (χ4n) is 1.89. The van der Waals surface area contributed by atoms with Crippen molar-refractivity contribution in [1.29, 1.82) is 0 Å². The van der Waals surface area contributed by atoms with E-state index in [1.807, 2.05) is 30.3 Å². The first-order valence-electron chi connectivity index (χ1n) is 5.92. The minimum absolute atomic E-state index is 0.0217. The van der Waals surface area contributed by atoms with Crippen LogP contribution in [-0.4, -0.2) is 52.1 Å². The fourth-order valence-corrected chi connectivity index (χ4v) is 2.78. The van der Waals surface area contributed by atoms with E-state index in [4.69, 9.17) is 0 Å². The molecule has 0 saturated carbocycles. The Kier molecular flexibility index (Phi) is 4.63. The van der Waals surface area contributed by atoms with Gasteiger partial charge in [0.2, 0.25) is 5.91 Å². The van der Waals surface area contributed by atoms with Gasteiger partial charge in [-0.05, 0) is 5.56 Å². The molecule has 0 aromatic heterocycles. The van der Waals surface area contributed by atoms with Crippen molar-refractivity contribution in [3.8, 4) is 0 Å². The van der Waals surface area contributed by atoms with Gasteiger partial charge in [-0.15, -0.1) is 11.8 Å². The van der Waals surface area contributed by atoms with Crippen molar-refractivity contribution in [2.75, 3.05) is 18.8 Å². The number of thioether (sulfide) groups is 1. The van der Waals surface area contributed by atoms with E-state index < -0.39 is 12.2 Å². The summed E-state index contributed by atoms with van der Waals surface area (Å²) in [6, 6.07) is 9.98. The van der Waals surface area contributed by atoms with Gasteiger partial charge in [-0.2, -0.15) is 0 Å². The van der Waals surface area contributed by atoms with Crippen LogP contribution in [-0.2, 0) is 10.5 Å². The van der Waals surface area contributed by atoms with Gasteiger partial charge in [0, 0.05) is 18.8 Å². The molecule has 18 heavy (non-hydrogen) atoms. The van der Waals surface area contributed by atoms with Crippen molar-refractivity contribution in [2.45, 2.75) is 18.0 Å². The number of nitrogens with zero attached hydrogens (tertiary/aromatic N) is 1. The number of hydrogen-bond donors (Lipinski definition) is 2. The van der Waals surface area contributed by atoms with Crippen LogP contribution >= 0.6 is 11.8 Å². The van der Waals surface area contributed by atoms with Gasteiger partial charge < -0.3 is 15.1 Å². The maximum atomic E-state index is 11.8. The molecule has 2 N–H and O–H groups in total. The van der Waals surface area contributed by atoms with Gasteiger partial charge in [0.25, 0.3) is 0 Å². The van der Waals surface area contributed by atoms with Gasteiger partial charge >= 0.3 is 0 Å². The summed E-state index contributed by atoms with van der Waals surface area (Å²) in [5.41, 5.74) is 1.19. The van der Waals surface area contributed by atoms with Crippen molar-refractivity contribution in [3.05, 3.63) is 35.9 Å². The van der Waals surface area contributed by atoms with Crippen molar-refractivity contribution < 1.29 is 15.0 Å². The summed E-state index contributed by atoms with van der Waals surface area (Å²) in [7, 11) is 0. The van der Waals surface area contributed by atoms with Crippen LogP contribution in [0.5, 0.6) is 0 Å². The fraction of sp³-hybridized carbons (Fsp3) is 0.462. The number of aliphatic hydroxyl groups is 2. The van der Waals surface area contributed by atoms with Crippen LogP contribution in [0.25, 0.3) is 0 Å². The first-order chi connectivity index (χ1) is 8.66. The van der Waals surface area contributed by atoms with E-state index in [1.54, 1.807) is 11.8 Å². The number of amides is 1. The number of hydrogen-bond acceptors (Lipinski definition) is 4. The highest BCUT2D eigenvalue weighted by Gasteiger charge is 2.32. The number of likely N-dealkylation sites (tertiary alicyclic amines) is 1. The summed E-state index contributed by atoms with van der Waals surface area (Å²) in [6.45, 7) is 0.484. The molecule has 1 saturated heterocycles. The monoisotopic (exact) mass is 267 g/mol. The molecular formula is C13H17NO3S. The minimum Gasteiger partial charge on any atom is -0.388 e. The summed E-state index contributed by atoms with van der Waals surface area (Å²) in [5.74, 6) is 1.16. The number of carbonyl (C=O) groups is 1. The normalized spacial score (nSPS) is 23.3. The van der Waals surface area contributed by atoms with E-state index in [0.717, 1.165) is 5.75 Å². The van der Waals surface area contributed by atoms with Crippen molar-refractivity contribution >= 4 is 17.7 Å². The SMILES string of the molecule is O=C(CSCc1ccccc1)N1CC(O)C(O)C1. The summed E-state index contributed by atoms with van der Waals surface area (Å²) in [5, 5.41) is 18.7. The van der Waals surface area contributed by atoms with E-state index in [2.05, 4.69) is 0 Å². The average molecular weight is 267 g/mol. The van der Waals surface area contributed by atoms with Gasteiger partial charge in [-0.3, -0.25) is 4.79 Å². The topological polar surface area (TPSA) is 60.8 Å². The molecule has 1 fully saturated rings. The predicted octanol–water partition coefficient (Wildman–Crippen LogP) is 0.484. The lowest BCUT2D eigenvalue weighted by Crippen LogP contribution is -2.31. The largest absolute Gasteiger partial charge is 0.388 e. The molecule has 2 atom stereocenters. The number of rotatable bonds is 4. The van der Waals surface area contributed by atoms with Crippen LogP contribution in [0.1, 0.15) is 5.56 Å². The number of aliphatic hydroxyl groups excluding tert-OH is 2. The highest BCUT2D eigenvalue weighted by molar-refractivity contribution is 7.99. The molecule has 0 bridgehead atoms. The summed E-state index contributed by atoms with van der Waals surface area (Å²) >= 11 is 1.55. The number of benzene rings is 1. The second-order valence-corrected chi connectivity index (χ2v) is 5.40. The van der Waals surface area contributed by atoms with E-state index in [0.29, 0.717) is 5.75 Å². The molecule has 1 aromatic rings. The molecule has 98 valence electrons. The zero-order valence-corrected chi connectivity index (χ0v) is 10.8. The Bertz CT molecular complexity index is 388. The zero-order chi connectivity index (χ0) is 13.0. The lowest BCUT2D eigenvalue weighted by Gasteiger charge is -2.14. The van der Waals surface area contributed by atoms with Crippen LogP contribution in [0.2, 0.25) is 0 Å². The highest BCUT2D eigenvalue weighted by atomic mass is 32.2. The molecule has 0 aliphatic carbocycles. The Balaban J connectivity index is 1.73. The maximum Gasteiger partial charge on any atom is 0.232 e. The Morgan fingerprint density at radius 3 is 2.44 bits per heavy atom. The highest BCUT2D eigenvalue weighted by Crippen LogP contribution is 2.15. The Morgan fingerprint density at radius 1 is 1.22 bits per heavy atom. The van der Waals surface area contributed by atoms with E-state index in [-0.39, 0.29) is 19.0 Å². The summed E-state index contributed by atoms with van der Waals surface area (Å²) in [6.07, 6.45) is -1.60. The van der Waals surface area contributed by atoms with Crippen LogP contribution in [0.15, 0.2) is 30.3 Å². The van der Waals surface area contributed by atoms with Gasteiger partial charge in [-0.1, -0.05) is 30.3 Å². The van der Waals surface area contributed by atoms with Gasteiger partial charge in [0.15, 0.2) is 0 Å². The second kappa shape index (κ2) is 6.22. The number of β-amino-alcohol motifs (C(OH)–C–C–N with tert-alkyl or cyclic N) is 2. The molecule has 5 heteroatoms. The van der Waals surface area contributed by atoms with Gasteiger partial charge in [-0.25, -0.2) is 0 Å². The average Bonchev–Trinajstić information content (AvgIpc) is 2.71. The Labute approximate surface area is 111 Å². The summed E-state index contributed by atoms with van der Waals surface area (Å²) < 4.78 is 0. The van der Waals surface area contributed by atoms with E-state index in [9.17, 15) is 15.0 Å². The zero-order valence-electron chi connectivity index (χ0n) is 10.0. The molecule has 1 aliphatic heterocycles. The van der Waals surface area contributed by atoms with Crippen molar-refractivity contribution in [2.24, 2.45) is 0 Å². The molecule has 2 unspecified atom stereocenters. The van der Waals surface area contributed by atoms with Crippen LogP contribution in [0.4, 0.5) is 0 Å². The molecule has 1 aromatic carbocycles. The van der Waals surface area contributed by atoms with Crippen LogP contribution in [0, 0.1) is 0 Å². The van der Waals surface area contributed by atoms with Crippen molar-refractivity contribution in [1.82, 2.24) is 4.90 Å². The van der Waals surface area contributed by atoms with E-state index in [1.165, 1.54) is 10.5 Å². The van der Waals surface area contributed by atoms with E-state index >= 15 is 0 Å². The predicted molar refractivity (Wildman–Crippen MR) is 71.2 cm³/mol. The molecule has 1 aliphatic rings. The molecule has 4 nitrogen and oxygen atoms in total.